The SMILES string of the molecule is CCC(F)(F)c1ccc(-c2c(F)cc(NC(=O)C3(c4ccc(-c5ccccc5OC(F)(F)F)cc4F)CC3)cc2C(=O)O)cn1. The summed E-state index contributed by atoms with van der Waals surface area (Å²) in [6.45, 7) is 1.26. The number of hydrogen-bond acceptors (Lipinski definition) is 4. The van der Waals surface area contributed by atoms with Crippen LogP contribution in [0.15, 0.2) is 72.9 Å². The number of carboxylic acids is 1. The summed E-state index contributed by atoms with van der Waals surface area (Å²) >= 11 is 0. The molecule has 0 bridgehead atoms. The topological polar surface area (TPSA) is 88.5 Å². The Kier molecular flexibility index (Phi) is 8.06. The predicted octanol–water partition coefficient (Wildman–Crippen LogP) is 8.46. The zero-order chi connectivity index (χ0) is 32.7. The number of nitrogens with zero attached hydrogens (tertiary/aromatic N) is 1. The lowest BCUT2D eigenvalue weighted by Gasteiger charge is -2.19. The van der Waals surface area contributed by atoms with Crippen molar-refractivity contribution in [2.45, 2.75) is 43.9 Å². The first kappa shape index (κ1) is 31.5. The molecular weight excluding hydrogens is 609 g/mol. The van der Waals surface area contributed by atoms with Crippen molar-refractivity contribution in [2.75, 3.05) is 5.32 Å². The molecule has 5 rings (SSSR count). The van der Waals surface area contributed by atoms with Gasteiger partial charge in [0.05, 0.1) is 11.0 Å². The van der Waals surface area contributed by atoms with Crippen LogP contribution in [0, 0.1) is 11.6 Å². The number of carboxylic acid groups (broad SMARTS) is 1. The van der Waals surface area contributed by atoms with Crippen LogP contribution < -0.4 is 10.1 Å². The Morgan fingerprint density at radius 2 is 1.62 bits per heavy atom. The van der Waals surface area contributed by atoms with Crippen molar-refractivity contribution in [3.63, 3.8) is 0 Å². The summed E-state index contributed by atoms with van der Waals surface area (Å²) in [6.07, 6.45) is -4.19. The minimum atomic E-state index is -4.98. The fraction of sp³-hybridized carbons (Fsp3) is 0.219. The van der Waals surface area contributed by atoms with Crippen LogP contribution in [0.5, 0.6) is 5.75 Å². The number of pyridine rings is 1. The number of carbonyl (C=O) groups is 2. The number of benzene rings is 3. The van der Waals surface area contributed by atoms with Gasteiger partial charge in [0.1, 0.15) is 23.1 Å². The van der Waals surface area contributed by atoms with E-state index in [1.54, 1.807) is 0 Å². The van der Waals surface area contributed by atoms with Crippen LogP contribution in [0.3, 0.4) is 0 Å². The number of hydrogen-bond donors (Lipinski definition) is 2. The van der Waals surface area contributed by atoms with Crippen LogP contribution in [0.25, 0.3) is 22.3 Å². The number of aromatic nitrogens is 1. The second-order valence-corrected chi connectivity index (χ2v) is 10.5. The van der Waals surface area contributed by atoms with Gasteiger partial charge in [-0.25, -0.2) is 13.6 Å². The summed E-state index contributed by atoms with van der Waals surface area (Å²) < 4.78 is 101. The summed E-state index contributed by atoms with van der Waals surface area (Å²) in [7, 11) is 0. The second-order valence-electron chi connectivity index (χ2n) is 10.5. The minimum absolute atomic E-state index is 0.0322. The molecule has 13 heteroatoms. The molecule has 2 N–H and O–H groups in total. The molecule has 1 aliphatic carbocycles. The standard InChI is InChI=1S/C32H23F7N2O4/c1-2-31(35,36)26-10-8-18(16-40-26)27-21(28(42)43)14-19(15-24(27)34)41-29(44)30(11-12-30)22-9-7-17(13-23(22)33)20-5-3-4-6-25(20)45-32(37,38)39/h3-10,13-16H,2,11-12H2,1H3,(H,41,44)(H,42,43). The predicted molar refractivity (Wildman–Crippen MR) is 149 cm³/mol. The fourth-order valence-corrected chi connectivity index (χ4v) is 5.06. The Morgan fingerprint density at radius 3 is 2.20 bits per heavy atom. The molecule has 1 fully saturated rings. The van der Waals surface area contributed by atoms with Gasteiger partial charge in [-0.15, -0.1) is 13.2 Å². The van der Waals surface area contributed by atoms with Gasteiger partial charge in [-0.2, -0.15) is 8.78 Å². The molecule has 6 nitrogen and oxygen atoms in total. The summed E-state index contributed by atoms with van der Waals surface area (Å²) in [6, 6.07) is 12.7. The van der Waals surface area contributed by atoms with E-state index in [1.807, 2.05) is 0 Å². The monoisotopic (exact) mass is 632 g/mol. The quantitative estimate of drug-likeness (QED) is 0.181. The maximum absolute atomic E-state index is 15.4. The Labute approximate surface area is 251 Å². The number of halogens is 7. The maximum atomic E-state index is 15.4. The van der Waals surface area contributed by atoms with Gasteiger partial charge in [0, 0.05) is 40.6 Å². The lowest BCUT2D eigenvalue weighted by molar-refractivity contribution is -0.274. The molecule has 0 saturated heterocycles. The molecule has 0 atom stereocenters. The van der Waals surface area contributed by atoms with Gasteiger partial charge >= 0.3 is 12.3 Å². The molecule has 0 unspecified atom stereocenters. The normalized spacial score (nSPS) is 14.1. The van der Waals surface area contributed by atoms with E-state index in [1.165, 1.54) is 37.3 Å². The molecule has 0 spiro atoms. The van der Waals surface area contributed by atoms with Crippen LogP contribution in [0.4, 0.5) is 36.4 Å². The number of rotatable bonds is 9. The van der Waals surface area contributed by atoms with Gasteiger partial charge in [-0.05, 0) is 48.7 Å². The molecule has 1 aliphatic rings. The number of nitrogens with one attached hydrogen (secondary N) is 1. The highest BCUT2D eigenvalue weighted by atomic mass is 19.4. The smallest absolute Gasteiger partial charge is 0.478 e. The Bertz CT molecular complexity index is 1790. The number of carbonyl (C=O) groups excluding carboxylic acids is 1. The average molecular weight is 633 g/mol. The first-order valence-corrected chi connectivity index (χ1v) is 13.5. The Morgan fingerprint density at radius 1 is 0.933 bits per heavy atom. The van der Waals surface area contributed by atoms with Crippen molar-refractivity contribution in [3.8, 4) is 28.0 Å². The van der Waals surface area contributed by atoms with Crippen LogP contribution in [-0.2, 0) is 16.1 Å². The van der Waals surface area contributed by atoms with Crippen LogP contribution in [0.1, 0.15) is 47.8 Å². The first-order valence-electron chi connectivity index (χ1n) is 13.5. The molecule has 0 radical (unpaired) electrons. The minimum Gasteiger partial charge on any atom is -0.478 e. The van der Waals surface area contributed by atoms with E-state index in [0.29, 0.717) is 0 Å². The third kappa shape index (κ3) is 6.33. The summed E-state index contributed by atoms with van der Waals surface area (Å²) in [5.41, 5.74) is -3.32. The molecular formula is C32H23F7N2O4. The van der Waals surface area contributed by atoms with Crippen molar-refractivity contribution in [1.29, 1.82) is 0 Å². The molecule has 4 aromatic rings. The maximum Gasteiger partial charge on any atom is 0.573 e. The molecule has 45 heavy (non-hydrogen) atoms. The summed E-state index contributed by atoms with van der Waals surface area (Å²) in [4.78, 5) is 29.1. The Balaban J connectivity index is 1.42. The molecule has 1 saturated carbocycles. The largest absolute Gasteiger partial charge is 0.573 e. The van der Waals surface area contributed by atoms with Crippen molar-refractivity contribution in [3.05, 3.63) is 101 Å². The lowest BCUT2D eigenvalue weighted by atomic mass is 9.91. The van der Waals surface area contributed by atoms with Gasteiger partial charge in [0.25, 0.3) is 5.92 Å². The average Bonchev–Trinajstić information content (AvgIpc) is 3.78. The number of alkyl halides is 5. The highest BCUT2D eigenvalue weighted by Gasteiger charge is 2.53. The number of aromatic carboxylic acids is 1. The van der Waals surface area contributed by atoms with Gasteiger partial charge in [0.15, 0.2) is 0 Å². The molecule has 0 aliphatic heterocycles. The van der Waals surface area contributed by atoms with Crippen molar-refractivity contribution in [1.82, 2.24) is 4.98 Å². The molecule has 3 aromatic carbocycles. The van der Waals surface area contributed by atoms with Crippen molar-refractivity contribution in [2.24, 2.45) is 0 Å². The third-order valence-corrected chi connectivity index (χ3v) is 7.54. The Hall–Kier alpha value is -4.94. The van der Waals surface area contributed by atoms with Gasteiger partial charge < -0.3 is 15.2 Å². The van der Waals surface area contributed by atoms with Gasteiger partial charge in [0.2, 0.25) is 5.91 Å². The fourth-order valence-electron chi connectivity index (χ4n) is 5.06. The lowest BCUT2D eigenvalue weighted by Crippen LogP contribution is -2.29. The number of para-hydroxylation sites is 1. The van der Waals surface area contributed by atoms with E-state index in [9.17, 15) is 36.6 Å². The van der Waals surface area contributed by atoms with E-state index < -0.39 is 70.2 Å². The van der Waals surface area contributed by atoms with Crippen LogP contribution in [0.2, 0.25) is 0 Å². The first-order chi connectivity index (χ1) is 21.1. The summed E-state index contributed by atoms with van der Waals surface area (Å²) in [5.74, 6) is -8.06. The van der Waals surface area contributed by atoms with E-state index in [0.717, 1.165) is 42.6 Å². The molecule has 1 heterocycles. The van der Waals surface area contributed by atoms with Crippen molar-refractivity contribution < 1.29 is 50.2 Å². The van der Waals surface area contributed by atoms with Gasteiger partial charge in [-0.3, -0.25) is 9.78 Å². The van der Waals surface area contributed by atoms with Crippen LogP contribution in [-0.4, -0.2) is 28.3 Å². The van der Waals surface area contributed by atoms with E-state index >= 15 is 8.78 Å². The molecule has 1 aromatic heterocycles. The zero-order valence-corrected chi connectivity index (χ0v) is 23.3. The second kappa shape index (κ2) is 11.5. The van der Waals surface area contributed by atoms with E-state index in [-0.39, 0.29) is 40.8 Å². The van der Waals surface area contributed by atoms with Gasteiger partial charge in [-0.1, -0.05) is 43.3 Å². The number of anilines is 1. The highest BCUT2D eigenvalue weighted by molar-refractivity contribution is 6.03. The van der Waals surface area contributed by atoms with Crippen LogP contribution >= 0.6 is 0 Å². The highest BCUT2D eigenvalue weighted by Crippen LogP contribution is 2.51. The van der Waals surface area contributed by atoms with E-state index in [2.05, 4.69) is 15.0 Å². The summed E-state index contributed by atoms with van der Waals surface area (Å²) in [5, 5.41) is 12.2. The van der Waals surface area contributed by atoms with E-state index in [4.69, 9.17) is 0 Å². The zero-order valence-electron chi connectivity index (χ0n) is 23.3. The number of ether oxygens (including phenoxy) is 1. The third-order valence-electron chi connectivity index (χ3n) is 7.54. The number of amides is 1. The molecule has 234 valence electrons. The van der Waals surface area contributed by atoms with Crippen molar-refractivity contribution >= 4 is 17.6 Å². The molecule has 1 amide bonds.